The van der Waals surface area contributed by atoms with Crippen LogP contribution in [0.1, 0.15) is 33.1 Å². The van der Waals surface area contributed by atoms with Crippen LogP contribution in [-0.4, -0.2) is 50.2 Å². The molecule has 4 nitrogen and oxygen atoms in total. The van der Waals surface area contributed by atoms with Gasteiger partial charge < -0.3 is 19.5 Å². The van der Waals surface area contributed by atoms with E-state index in [0.29, 0.717) is 18.2 Å². The summed E-state index contributed by atoms with van der Waals surface area (Å²) >= 11 is 0. The SMILES string of the molecule is CC1CC(CC2NCCOC23COC3)CC(C)O1. The van der Waals surface area contributed by atoms with Crippen molar-refractivity contribution in [2.75, 3.05) is 26.4 Å². The molecule has 3 saturated heterocycles. The van der Waals surface area contributed by atoms with E-state index in [9.17, 15) is 0 Å². The molecule has 0 aliphatic carbocycles. The second kappa shape index (κ2) is 5.08. The van der Waals surface area contributed by atoms with Crippen molar-refractivity contribution in [3.63, 3.8) is 0 Å². The summed E-state index contributed by atoms with van der Waals surface area (Å²) in [6.07, 6.45) is 4.36. The quantitative estimate of drug-likeness (QED) is 0.808. The van der Waals surface area contributed by atoms with Gasteiger partial charge in [0.05, 0.1) is 32.0 Å². The number of nitrogens with one attached hydrogen (secondary N) is 1. The van der Waals surface area contributed by atoms with E-state index in [-0.39, 0.29) is 5.60 Å². The van der Waals surface area contributed by atoms with Crippen molar-refractivity contribution in [1.29, 1.82) is 0 Å². The Morgan fingerprint density at radius 3 is 2.50 bits per heavy atom. The fraction of sp³-hybridized carbons (Fsp3) is 1.00. The first kappa shape index (κ1) is 12.9. The molecule has 104 valence electrons. The standard InChI is InChI=1S/C14H25NO3/c1-10-5-12(6-11(2)18-10)7-13-14(8-16-9-14)17-4-3-15-13/h10-13,15H,3-9H2,1-2H3. The predicted octanol–water partition coefficient (Wildman–Crippen LogP) is 1.34. The van der Waals surface area contributed by atoms with Crippen molar-refractivity contribution in [3.05, 3.63) is 0 Å². The number of hydrogen-bond donors (Lipinski definition) is 1. The molecule has 0 amide bonds. The Morgan fingerprint density at radius 1 is 1.17 bits per heavy atom. The van der Waals surface area contributed by atoms with E-state index < -0.39 is 0 Å². The molecule has 3 atom stereocenters. The molecule has 0 aromatic rings. The second-order valence-electron chi connectivity index (χ2n) is 6.24. The molecular formula is C14H25NO3. The second-order valence-corrected chi connectivity index (χ2v) is 6.24. The summed E-state index contributed by atoms with van der Waals surface area (Å²) in [6.45, 7) is 7.70. The highest BCUT2D eigenvalue weighted by Crippen LogP contribution is 2.35. The molecule has 0 bridgehead atoms. The predicted molar refractivity (Wildman–Crippen MR) is 68.6 cm³/mol. The van der Waals surface area contributed by atoms with Gasteiger partial charge in [0.25, 0.3) is 0 Å². The molecule has 3 rings (SSSR count). The number of hydrogen-bond acceptors (Lipinski definition) is 4. The van der Waals surface area contributed by atoms with Gasteiger partial charge in [-0.3, -0.25) is 0 Å². The van der Waals surface area contributed by atoms with E-state index in [1.807, 2.05) is 0 Å². The van der Waals surface area contributed by atoms with Crippen LogP contribution >= 0.6 is 0 Å². The summed E-state index contributed by atoms with van der Waals surface area (Å²) in [4.78, 5) is 0. The van der Waals surface area contributed by atoms with Crippen LogP contribution in [0.3, 0.4) is 0 Å². The molecule has 1 N–H and O–H groups in total. The average molecular weight is 255 g/mol. The zero-order valence-corrected chi connectivity index (χ0v) is 11.5. The third kappa shape index (κ3) is 2.44. The Morgan fingerprint density at radius 2 is 1.89 bits per heavy atom. The van der Waals surface area contributed by atoms with Gasteiger partial charge in [0, 0.05) is 12.6 Å². The lowest BCUT2D eigenvalue weighted by Gasteiger charge is -2.51. The van der Waals surface area contributed by atoms with E-state index >= 15 is 0 Å². The van der Waals surface area contributed by atoms with Gasteiger partial charge in [-0.1, -0.05) is 0 Å². The zero-order chi connectivity index (χ0) is 12.6. The molecule has 3 unspecified atom stereocenters. The van der Waals surface area contributed by atoms with Crippen molar-refractivity contribution in [2.24, 2.45) is 5.92 Å². The van der Waals surface area contributed by atoms with Gasteiger partial charge in [-0.2, -0.15) is 0 Å². The van der Waals surface area contributed by atoms with Crippen molar-refractivity contribution >= 4 is 0 Å². The van der Waals surface area contributed by atoms with Crippen LogP contribution in [0.4, 0.5) is 0 Å². The molecule has 3 aliphatic heterocycles. The maximum atomic E-state index is 5.99. The molecule has 4 heteroatoms. The minimum atomic E-state index is -0.0248. The summed E-state index contributed by atoms with van der Waals surface area (Å²) in [5.41, 5.74) is -0.0248. The normalized spacial score (nSPS) is 43.7. The molecular weight excluding hydrogens is 230 g/mol. The molecule has 0 radical (unpaired) electrons. The van der Waals surface area contributed by atoms with Crippen LogP contribution in [0.15, 0.2) is 0 Å². The number of ether oxygens (including phenoxy) is 3. The van der Waals surface area contributed by atoms with Gasteiger partial charge in [0.1, 0.15) is 5.60 Å². The summed E-state index contributed by atoms with van der Waals surface area (Å²) in [5, 5.41) is 3.64. The largest absolute Gasteiger partial charge is 0.376 e. The van der Waals surface area contributed by atoms with Crippen LogP contribution in [0, 0.1) is 5.92 Å². The van der Waals surface area contributed by atoms with Crippen LogP contribution in [0.2, 0.25) is 0 Å². The van der Waals surface area contributed by atoms with Gasteiger partial charge in [-0.05, 0) is 39.0 Å². The highest BCUT2D eigenvalue weighted by molar-refractivity contribution is 5.02. The molecule has 1 spiro atoms. The van der Waals surface area contributed by atoms with Gasteiger partial charge in [-0.15, -0.1) is 0 Å². The Bertz CT molecular complexity index is 283. The third-order valence-electron chi connectivity index (χ3n) is 4.57. The Balaban J connectivity index is 1.60. The summed E-state index contributed by atoms with van der Waals surface area (Å²) < 4.78 is 17.2. The Hall–Kier alpha value is -0.160. The molecule has 0 saturated carbocycles. The van der Waals surface area contributed by atoms with Gasteiger partial charge >= 0.3 is 0 Å². The van der Waals surface area contributed by atoms with E-state index in [1.54, 1.807) is 0 Å². The van der Waals surface area contributed by atoms with Crippen molar-refractivity contribution in [1.82, 2.24) is 5.32 Å². The smallest absolute Gasteiger partial charge is 0.130 e. The first-order valence-corrected chi connectivity index (χ1v) is 7.28. The minimum absolute atomic E-state index is 0.0248. The van der Waals surface area contributed by atoms with E-state index in [1.165, 1.54) is 19.3 Å². The van der Waals surface area contributed by atoms with Gasteiger partial charge in [0.2, 0.25) is 0 Å². The van der Waals surface area contributed by atoms with Gasteiger partial charge in [0.15, 0.2) is 0 Å². The lowest BCUT2D eigenvalue weighted by molar-refractivity contribution is -0.240. The Labute approximate surface area is 109 Å². The molecule has 18 heavy (non-hydrogen) atoms. The summed E-state index contributed by atoms with van der Waals surface area (Å²) in [6, 6.07) is 0.461. The fourth-order valence-electron chi connectivity index (χ4n) is 3.73. The first-order valence-electron chi connectivity index (χ1n) is 7.28. The van der Waals surface area contributed by atoms with Crippen molar-refractivity contribution in [3.8, 4) is 0 Å². The summed E-state index contributed by atoms with van der Waals surface area (Å²) in [7, 11) is 0. The number of rotatable bonds is 2. The lowest BCUT2D eigenvalue weighted by atomic mass is 9.80. The van der Waals surface area contributed by atoms with Crippen LogP contribution < -0.4 is 5.32 Å². The third-order valence-corrected chi connectivity index (χ3v) is 4.57. The number of morpholine rings is 1. The first-order chi connectivity index (χ1) is 8.68. The zero-order valence-electron chi connectivity index (χ0n) is 11.5. The summed E-state index contributed by atoms with van der Waals surface area (Å²) in [5.74, 6) is 0.750. The monoisotopic (exact) mass is 255 g/mol. The average Bonchev–Trinajstić information content (AvgIpc) is 2.26. The van der Waals surface area contributed by atoms with Crippen molar-refractivity contribution in [2.45, 2.75) is 57.0 Å². The highest BCUT2D eigenvalue weighted by atomic mass is 16.6. The maximum Gasteiger partial charge on any atom is 0.130 e. The molecule has 3 fully saturated rings. The molecule has 0 aromatic carbocycles. The topological polar surface area (TPSA) is 39.7 Å². The van der Waals surface area contributed by atoms with Gasteiger partial charge in [-0.25, -0.2) is 0 Å². The molecule has 0 aromatic heterocycles. The van der Waals surface area contributed by atoms with Crippen molar-refractivity contribution < 1.29 is 14.2 Å². The van der Waals surface area contributed by atoms with Crippen LogP contribution in [0.25, 0.3) is 0 Å². The minimum Gasteiger partial charge on any atom is -0.376 e. The van der Waals surface area contributed by atoms with E-state index in [4.69, 9.17) is 14.2 Å². The van der Waals surface area contributed by atoms with Crippen LogP contribution in [0.5, 0.6) is 0 Å². The molecule has 3 heterocycles. The maximum absolute atomic E-state index is 5.99. The van der Waals surface area contributed by atoms with Crippen LogP contribution in [-0.2, 0) is 14.2 Å². The van der Waals surface area contributed by atoms with E-state index in [0.717, 1.165) is 32.3 Å². The van der Waals surface area contributed by atoms with E-state index in [2.05, 4.69) is 19.2 Å². The Kier molecular flexibility index (Phi) is 3.63. The highest BCUT2D eigenvalue weighted by Gasteiger charge is 2.49. The molecule has 3 aliphatic rings. The fourth-order valence-corrected chi connectivity index (χ4v) is 3.73. The lowest BCUT2D eigenvalue weighted by Crippen LogP contribution is -2.68.